The molecule has 0 spiro atoms. The van der Waals surface area contributed by atoms with E-state index in [2.05, 4.69) is 10.8 Å². The van der Waals surface area contributed by atoms with Gasteiger partial charge in [-0.25, -0.2) is 4.79 Å². The lowest BCUT2D eigenvalue weighted by molar-refractivity contribution is 0.0250. The Hall–Kier alpha value is -1.21. The predicted octanol–water partition coefficient (Wildman–Crippen LogP) is 2.59. The summed E-state index contributed by atoms with van der Waals surface area (Å²) >= 11 is 0. The van der Waals surface area contributed by atoms with Gasteiger partial charge in [0.25, 0.3) is 0 Å². The van der Waals surface area contributed by atoms with Gasteiger partial charge in [0.2, 0.25) is 0 Å². The Morgan fingerprint density at radius 3 is 2.50 bits per heavy atom. The van der Waals surface area contributed by atoms with Gasteiger partial charge in [0.1, 0.15) is 5.60 Å². The second-order valence-corrected chi connectivity index (χ2v) is 6.60. The van der Waals surface area contributed by atoms with Crippen molar-refractivity contribution in [1.82, 2.24) is 9.80 Å². The van der Waals surface area contributed by atoms with Crippen LogP contribution in [0.2, 0.25) is 0 Å². The molecular formula is C16H28N2O2. The fourth-order valence-corrected chi connectivity index (χ4v) is 2.42. The number of piperidine rings is 1. The van der Waals surface area contributed by atoms with E-state index >= 15 is 0 Å². The smallest absolute Gasteiger partial charge is 0.410 e. The molecule has 1 fully saturated rings. The molecule has 1 rings (SSSR count). The molecule has 0 aromatic rings. The van der Waals surface area contributed by atoms with Crippen molar-refractivity contribution in [1.29, 1.82) is 0 Å². The first-order valence-electron chi connectivity index (χ1n) is 7.42. The summed E-state index contributed by atoms with van der Waals surface area (Å²) in [6.45, 7) is 9.60. The van der Waals surface area contributed by atoms with E-state index in [0.717, 1.165) is 45.4 Å². The van der Waals surface area contributed by atoms with Crippen molar-refractivity contribution in [3.8, 4) is 12.3 Å². The van der Waals surface area contributed by atoms with E-state index in [1.165, 1.54) is 0 Å². The van der Waals surface area contributed by atoms with E-state index in [0.29, 0.717) is 5.92 Å². The molecule has 0 aliphatic carbocycles. The van der Waals surface area contributed by atoms with Crippen LogP contribution in [0.3, 0.4) is 0 Å². The van der Waals surface area contributed by atoms with Crippen LogP contribution in [0.25, 0.3) is 0 Å². The van der Waals surface area contributed by atoms with Gasteiger partial charge in [-0.1, -0.05) is 0 Å². The van der Waals surface area contributed by atoms with Gasteiger partial charge in [0.05, 0.1) is 0 Å². The van der Waals surface area contributed by atoms with Crippen molar-refractivity contribution in [2.45, 2.75) is 45.6 Å². The quantitative estimate of drug-likeness (QED) is 0.742. The van der Waals surface area contributed by atoms with E-state index in [1.54, 1.807) is 4.90 Å². The summed E-state index contributed by atoms with van der Waals surface area (Å²) in [5, 5.41) is 0. The van der Waals surface area contributed by atoms with Crippen LogP contribution in [0, 0.1) is 18.3 Å². The number of carbonyl (C=O) groups excluding carboxylic acids is 1. The van der Waals surface area contributed by atoms with Gasteiger partial charge in [-0.15, -0.1) is 12.3 Å². The number of ether oxygens (including phenoxy) is 1. The number of amides is 1. The Labute approximate surface area is 123 Å². The Balaban J connectivity index is 2.29. The molecule has 0 N–H and O–H groups in total. The molecule has 4 heteroatoms. The average molecular weight is 280 g/mol. The van der Waals surface area contributed by atoms with Gasteiger partial charge in [-0.2, -0.15) is 0 Å². The fraction of sp³-hybridized carbons (Fsp3) is 0.812. The highest BCUT2D eigenvalue weighted by molar-refractivity contribution is 5.67. The zero-order chi connectivity index (χ0) is 15.2. The first-order valence-corrected chi connectivity index (χ1v) is 7.42. The van der Waals surface area contributed by atoms with E-state index in [-0.39, 0.29) is 6.09 Å². The van der Waals surface area contributed by atoms with Crippen molar-refractivity contribution in [2.75, 3.05) is 33.2 Å². The number of carbonyl (C=O) groups is 1. The largest absolute Gasteiger partial charge is 0.444 e. The van der Waals surface area contributed by atoms with Crippen LogP contribution in [-0.2, 0) is 4.74 Å². The van der Waals surface area contributed by atoms with Crippen molar-refractivity contribution in [3.63, 3.8) is 0 Å². The third-order valence-electron chi connectivity index (χ3n) is 3.52. The molecule has 0 aromatic carbocycles. The van der Waals surface area contributed by atoms with E-state index in [4.69, 9.17) is 11.2 Å². The lowest BCUT2D eigenvalue weighted by Gasteiger charge is -2.34. The molecule has 0 saturated carbocycles. The number of likely N-dealkylation sites (tertiary alicyclic amines) is 1. The van der Waals surface area contributed by atoms with Crippen molar-refractivity contribution >= 4 is 6.09 Å². The number of rotatable bonds is 4. The summed E-state index contributed by atoms with van der Waals surface area (Å²) in [5.74, 6) is 3.25. The van der Waals surface area contributed by atoms with Crippen molar-refractivity contribution in [2.24, 2.45) is 5.92 Å². The summed E-state index contributed by atoms with van der Waals surface area (Å²) < 4.78 is 5.37. The van der Waals surface area contributed by atoms with Gasteiger partial charge in [-0.3, -0.25) is 0 Å². The topological polar surface area (TPSA) is 32.8 Å². The maximum atomic E-state index is 11.9. The first kappa shape index (κ1) is 16.8. The molecule has 0 aromatic heterocycles. The lowest BCUT2D eigenvalue weighted by atomic mass is 9.96. The molecule has 1 aliphatic heterocycles. The molecule has 20 heavy (non-hydrogen) atoms. The van der Waals surface area contributed by atoms with Gasteiger partial charge in [0, 0.05) is 26.6 Å². The standard InChI is InChI=1S/C16H28N2O2/c1-6-7-10-18-11-8-14(9-12-18)13-17(5)15(19)20-16(2,3)4/h1,14H,7-13H2,2-5H3. The Kier molecular flexibility index (Phi) is 6.35. The highest BCUT2D eigenvalue weighted by Gasteiger charge is 2.24. The van der Waals surface area contributed by atoms with Crippen molar-refractivity contribution in [3.05, 3.63) is 0 Å². The van der Waals surface area contributed by atoms with E-state index in [1.807, 2.05) is 27.8 Å². The predicted molar refractivity (Wildman–Crippen MR) is 81.5 cm³/mol. The zero-order valence-electron chi connectivity index (χ0n) is 13.3. The summed E-state index contributed by atoms with van der Waals surface area (Å²) in [4.78, 5) is 16.0. The Bertz CT molecular complexity index is 346. The molecule has 0 bridgehead atoms. The maximum absolute atomic E-state index is 11.9. The van der Waals surface area contributed by atoms with Crippen LogP contribution in [0.1, 0.15) is 40.0 Å². The molecule has 1 saturated heterocycles. The number of hydrogen-bond acceptors (Lipinski definition) is 3. The minimum absolute atomic E-state index is 0.229. The minimum Gasteiger partial charge on any atom is -0.444 e. The van der Waals surface area contributed by atoms with Gasteiger partial charge < -0.3 is 14.5 Å². The maximum Gasteiger partial charge on any atom is 0.410 e. The molecule has 1 heterocycles. The first-order chi connectivity index (χ1) is 9.31. The van der Waals surface area contributed by atoms with Crippen LogP contribution in [0.4, 0.5) is 4.79 Å². The number of terminal acetylenes is 1. The molecule has 1 aliphatic rings. The van der Waals surface area contributed by atoms with Crippen LogP contribution in [0.5, 0.6) is 0 Å². The SMILES string of the molecule is C#CCCN1CCC(CN(C)C(=O)OC(C)(C)C)CC1. The molecule has 0 atom stereocenters. The van der Waals surface area contributed by atoms with Crippen LogP contribution in [0.15, 0.2) is 0 Å². The molecular weight excluding hydrogens is 252 g/mol. The van der Waals surface area contributed by atoms with Crippen LogP contribution < -0.4 is 0 Å². The molecule has 0 radical (unpaired) electrons. The lowest BCUT2D eigenvalue weighted by Crippen LogP contribution is -2.41. The molecule has 0 unspecified atom stereocenters. The number of hydrogen-bond donors (Lipinski definition) is 0. The van der Waals surface area contributed by atoms with Crippen LogP contribution in [-0.4, -0.2) is 54.7 Å². The molecule has 1 amide bonds. The third kappa shape index (κ3) is 6.29. The third-order valence-corrected chi connectivity index (χ3v) is 3.52. The van der Waals surface area contributed by atoms with E-state index < -0.39 is 5.60 Å². The van der Waals surface area contributed by atoms with Gasteiger partial charge in [0.15, 0.2) is 0 Å². The Morgan fingerprint density at radius 1 is 1.40 bits per heavy atom. The monoisotopic (exact) mass is 280 g/mol. The normalized spacial score (nSPS) is 17.6. The Morgan fingerprint density at radius 2 is 2.00 bits per heavy atom. The summed E-state index contributed by atoms with van der Waals surface area (Å²) in [6, 6.07) is 0. The molecule has 4 nitrogen and oxygen atoms in total. The highest BCUT2D eigenvalue weighted by atomic mass is 16.6. The summed E-state index contributed by atoms with van der Waals surface area (Å²) in [5.41, 5.74) is -0.427. The van der Waals surface area contributed by atoms with Gasteiger partial charge in [-0.05, 0) is 52.6 Å². The summed E-state index contributed by atoms with van der Waals surface area (Å²) in [7, 11) is 1.82. The zero-order valence-corrected chi connectivity index (χ0v) is 13.3. The molecule has 114 valence electrons. The minimum atomic E-state index is -0.427. The average Bonchev–Trinajstić information content (AvgIpc) is 2.36. The van der Waals surface area contributed by atoms with E-state index in [9.17, 15) is 4.79 Å². The fourth-order valence-electron chi connectivity index (χ4n) is 2.42. The second kappa shape index (κ2) is 7.54. The number of nitrogens with zero attached hydrogens (tertiary/aromatic N) is 2. The van der Waals surface area contributed by atoms with Crippen molar-refractivity contribution < 1.29 is 9.53 Å². The highest BCUT2D eigenvalue weighted by Crippen LogP contribution is 2.19. The van der Waals surface area contributed by atoms with Gasteiger partial charge >= 0.3 is 6.09 Å². The van der Waals surface area contributed by atoms with Crippen LogP contribution >= 0.6 is 0 Å². The second-order valence-electron chi connectivity index (χ2n) is 6.60. The summed E-state index contributed by atoms with van der Waals surface area (Å²) in [6.07, 6.45) is 8.13.